The highest BCUT2D eigenvalue weighted by Gasteiger charge is 2.36. The van der Waals surface area contributed by atoms with Crippen molar-refractivity contribution in [1.82, 2.24) is 5.32 Å². The first-order valence-electron chi connectivity index (χ1n) is 7.38. The topological polar surface area (TPSA) is 116 Å². The van der Waals surface area contributed by atoms with Crippen molar-refractivity contribution in [1.29, 1.82) is 0 Å². The Balaban J connectivity index is 1.79. The fourth-order valence-corrected chi connectivity index (χ4v) is 2.78. The van der Waals surface area contributed by atoms with Crippen LogP contribution in [-0.4, -0.2) is 65.8 Å². The number of hydrogen-bond donors (Lipinski definition) is 2. The zero-order valence-corrected chi connectivity index (χ0v) is 14.4. The number of aliphatic imine (C=N–C) groups is 1. The smallest absolute Gasteiger partial charge is 0.481 e. The van der Waals surface area contributed by atoms with E-state index in [9.17, 15) is 14.7 Å². The standard InChI is InChI=1S/C14H20N2O7S/c1-7-10(11(17)18)9(16-12(24)15-7)6-21-13(19)20-4-8-5-22-14(2,3)23-8/h8-10H,4-6H2,1-3H3,(H,16,24)(H,17,18). The van der Waals surface area contributed by atoms with Crippen LogP contribution < -0.4 is 5.32 Å². The first-order chi connectivity index (χ1) is 11.2. The number of rotatable bonds is 5. The number of ether oxygens (including phenoxy) is 4. The van der Waals surface area contributed by atoms with Gasteiger partial charge in [-0.3, -0.25) is 4.79 Å². The van der Waals surface area contributed by atoms with E-state index >= 15 is 0 Å². The third kappa shape index (κ3) is 4.86. The van der Waals surface area contributed by atoms with E-state index in [1.54, 1.807) is 20.8 Å². The molecule has 0 bridgehead atoms. The molecule has 0 saturated carbocycles. The van der Waals surface area contributed by atoms with Crippen LogP contribution in [0.15, 0.2) is 4.99 Å². The highest BCUT2D eigenvalue weighted by atomic mass is 32.1. The van der Waals surface area contributed by atoms with Crippen LogP contribution >= 0.6 is 12.2 Å². The minimum Gasteiger partial charge on any atom is -0.481 e. The maximum Gasteiger partial charge on any atom is 0.508 e. The summed E-state index contributed by atoms with van der Waals surface area (Å²) in [6, 6.07) is -0.704. The van der Waals surface area contributed by atoms with Gasteiger partial charge in [0.2, 0.25) is 0 Å². The molecule has 0 radical (unpaired) electrons. The summed E-state index contributed by atoms with van der Waals surface area (Å²) >= 11 is 4.93. The molecule has 134 valence electrons. The Morgan fingerprint density at radius 2 is 2.08 bits per heavy atom. The first-order valence-corrected chi connectivity index (χ1v) is 7.78. The summed E-state index contributed by atoms with van der Waals surface area (Å²) in [6.07, 6.45) is -1.28. The second-order valence-corrected chi connectivity index (χ2v) is 6.33. The van der Waals surface area contributed by atoms with E-state index in [1.165, 1.54) is 0 Å². The van der Waals surface area contributed by atoms with E-state index in [4.69, 9.17) is 31.2 Å². The molecule has 0 amide bonds. The average Bonchev–Trinajstić information content (AvgIpc) is 2.81. The molecular formula is C14H20N2O7S. The average molecular weight is 360 g/mol. The molecule has 0 spiro atoms. The number of hydrogen-bond acceptors (Lipinski definition) is 7. The Labute approximate surface area is 144 Å². The lowest BCUT2D eigenvalue weighted by Gasteiger charge is -2.28. The summed E-state index contributed by atoms with van der Waals surface area (Å²) in [6.45, 7) is 5.18. The van der Waals surface area contributed by atoms with Crippen molar-refractivity contribution in [2.24, 2.45) is 10.9 Å². The number of carbonyl (C=O) groups is 2. The molecule has 2 N–H and O–H groups in total. The molecule has 2 heterocycles. The van der Waals surface area contributed by atoms with Gasteiger partial charge in [0.25, 0.3) is 0 Å². The van der Waals surface area contributed by atoms with Crippen molar-refractivity contribution >= 4 is 35.2 Å². The van der Waals surface area contributed by atoms with Gasteiger partial charge in [0, 0.05) is 5.71 Å². The highest BCUT2D eigenvalue weighted by molar-refractivity contribution is 7.80. The number of carbonyl (C=O) groups excluding carboxylic acids is 1. The number of nitrogens with zero attached hydrogens (tertiary/aromatic N) is 1. The Kier molecular flexibility index (Phi) is 5.73. The van der Waals surface area contributed by atoms with Crippen LogP contribution in [0.25, 0.3) is 0 Å². The summed E-state index contributed by atoms with van der Waals surface area (Å²) in [7, 11) is 0. The SMILES string of the molecule is CC1=NC(=S)NC(COC(=O)OCC2COC(C)(C)O2)C1C(=O)O. The number of carboxylic acid groups (broad SMARTS) is 1. The summed E-state index contributed by atoms with van der Waals surface area (Å²) in [5.41, 5.74) is 0.354. The van der Waals surface area contributed by atoms with E-state index < -0.39 is 29.9 Å². The van der Waals surface area contributed by atoms with Gasteiger partial charge < -0.3 is 29.4 Å². The summed E-state index contributed by atoms with van der Waals surface area (Å²) in [5, 5.41) is 12.1. The molecule has 2 rings (SSSR count). The first kappa shape index (κ1) is 18.6. The Hall–Kier alpha value is -1.78. The molecule has 1 saturated heterocycles. The lowest BCUT2D eigenvalue weighted by molar-refractivity contribution is -0.143. The van der Waals surface area contributed by atoms with Crippen molar-refractivity contribution < 1.29 is 33.6 Å². The molecule has 10 heteroatoms. The van der Waals surface area contributed by atoms with Crippen LogP contribution in [0, 0.1) is 5.92 Å². The fraction of sp³-hybridized carbons (Fsp3) is 0.714. The predicted molar refractivity (Wildman–Crippen MR) is 86.0 cm³/mol. The maximum absolute atomic E-state index is 11.7. The number of aliphatic carboxylic acids is 1. The van der Waals surface area contributed by atoms with Crippen molar-refractivity contribution in [3.8, 4) is 0 Å². The molecule has 24 heavy (non-hydrogen) atoms. The second kappa shape index (κ2) is 7.41. The number of thiocarbonyl (C=S) groups is 1. The van der Waals surface area contributed by atoms with Crippen LogP contribution in [0.1, 0.15) is 20.8 Å². The minimum atomic E-state index is -1.08. The Bertz CT molecular complexity index is 563. The molecular weight excluding hydrogens is 340 g/mol. The maximum atomic E-state index is 11.7. The van der Waals surface area contributed by atoms with Gasteiger partial charge in [0.05, 0.1) is 12.6 Å². The van der Waals surface area contributed by atoms with Gasteiger partial charge >= 0.3 is 12.1 Å². The quantitative estimate of drug-likeness (QED) is 0.540. The molecule has 9 nitrogen and oxygen atoms in total. The molecule has 0 aliphatic carbocycles. The van der Waals surface area contributed by atoms with E-state index in [1.807, 2.05) is 0 Å². The van der Waals surface area contributed by atoms with E-state index in [0.717, 1.165) is 0 Å². The zero-order valence-electron chi connectivity index (χ0n) is 13.6. The minimum absolute atomic E-state index is 0.0123. The van der Waals surface area contributed by atoms with E-state index in [2.05, 4.69) is 10.3 Å². The van der Waals surface area contributed by atoms with Gasteiger partial charge in [-0.2, -0.15) is 0 Å². The third-order valence-corrected chi connectivity index (χ3v) is 3.75. The molecule has 0 aromatic rings. The fourth-order valence-electron chi connectivity index (χ4n) is 2.49. The van der Waals surface area contributed by atoms with Gasteiger partial charge in [-0.1, -0.05) is 0 Å². The third-order valence-electron chi connectivity index (χ3n) is 3.54. The molecule has 3 unspecified atom stereocenters. The second-order valence-electron chi connectivity index (χ2n) is 5.95. The Morgan fingerprint density at radius 3 is 2.67 bits per heavy atom. The lowest BCUT2D eigenvalue weighted by Crippen LogP contribution is -2.52. The van der Waals surface area contributed by atoms with Gasteiger partial charge in [0.15, 0.2) is 10.9 Å². The van der Waals surface area contributed by atoms with Crippen molar-refractivity contribution in [2.45, 2.75) is 38.7 Å². The summed E-state index contributed by atoms with van der Waals surface area (Å²) in [5.74, 6) is -2.71. The van der Waals surface area contributed by atoms with Crippen molar-refractivity contribution in [2.75, 3.05) is 19.8 Å². The highest BCUT2D eigenvalue weighted by Crippen LogP contribution is 2.22. The van der Waals surface area contributed by atoms with Crippen LogP contribution in [-0.2, 0) is 23.7 Å². The number of nitrogens with one attached hydrogen (secondary N) is 1. The van der Waals surface area contributed by atoms with Crippen molar-refractivity contribution in [3.63, 3.8) is 0 Å². The predicted octanol–water partition coefficient (Wildman–Crippen LogP) is 0.709. The van der Waals surface area contributed by atoms with Gasteiger partial charge in [0.1, 0.15) is 25.2 Å². The van der Waals surface area contributed by atoms with Crippen LogP contribution in [0.3, 0.4) is 0 Å². The van der Waals surface area contributed by atoms with Gasteiger partial charge in [-0.15, -0.1) is 0 Å². The molecule has 1 fully saturated rings. The molecule has 3 atom stereocenters. The van der Waals surface area contributed by atoms with Gasteiger partial charge in [-0.05, 0) is 33.0 Å². The van der Waals surface area contributed by atoms with Crippen LogP contribution in [0.5, 0.6) is 0 Å². The molecule has 0 aromatic heterocycles. The normalized spacial score (nSPS) is 28.7. The van der Waals surface area contributed by atoms with E-state index in [-0.39, 0.29) is 24.4 Å². The monoisotopic (exact) mass is 360 g/mol. The largest absolute Gasteiger partial charge is 0.508 e. The number of carboxylic acids is 1. The van der Waals surface area contributed by atoms with Gasteiger partial charge in [-0.25, -0.2) is 9.79 Å². The molecule has 2 aliphatic heterocycles. The molecule has 0 aromatic carbocycles. The summed E-state index contributed by atoms with van der Waals surface area (Å²) in [4.78, 5) is 26.9. The lowest BCUT2D eigenvalue weighted by atomic mass is 9.94. The van der Waals surface area contributed by atoms with Crippen LogP contribution in [0.4, 0.5) is 4.79 Å². The molecule has 2 aliphatic rings. The van der Waals surface area contributed by atoms with Crippen molar-refractivity contribution in [3.05, 3.63) is 0 Å². The Morgan fingerprint density at radius 1 is 1.42 bits per heavy atom. The zero-order chi connectivity index (χ0) is 17.9. The van der Waals surface area contributed by atoms with Crippen LogP contribution in [0.2, 0.25) is 0 Å². The summed E-state index contributed by atoms with van der Waals surface area (Å²) < 4.78 is 20.8. The van der Waals surface area contributed by atoms with E-state index in [0.29, 0.717) is 12.3 Å².